The van der Waals surface area contributed by atoms with Gasteiger partial charge in [0.15, 0.2) is 0 Å². The van der Waals surface area contributed by atoms with Gasteiger partial charge in [0, 0.05) is 11.3 Å². The Bertz CT molecular complexity index is 993. The van der Waals surface area contributed by atoms with Gasteiger partial charge in [0.2, 0.25) is 0 Å². The van der Waals surface area contributed by atoms with E-state index in [1.165, 1.54) is 6.07 Å². The number of rotatable bonds is 6. The quantitative estimate of drug-likeness (QED) is 0.616. The van der Waals surface area contributed by atoms with E-state index >= 15 is 0 Å². The summed E-state index contributed by atoms with van der Waals surface area (Å²) >= 11 is 6.31. The number of amides is 1. The van der Waals surface area contributed by atoms with Crippen molar-refractivity contribution in [2.45, 2.75) is 20.5 Å². The number of halogens is 2. The molecule has 0 aliphatic carbocycles. The molecule has 0 bridgehead atoms. The summed E-state index contributed by atoms with van der Waals surface area (Å²) in [6.07, 6.45) is 1.63. The summed E-state index contributed by atoms with van der Waals surface area (Å²) in [7, 11) is 0. The number of aryl methyl sites for hydroxylation is 1. The van der Waals surface area contributed by atoms with E-state index in [0.29, 0.717) is 51.3 Å². The summed E-state index contributed by atoms with van der Waals surface area (Å²) in [4.78, 5) is 21.0. The number of benzene rings is 1. The molecule has 3 rings (SSSR count). The lowest BCUT2D eigenvalue weighted by Gasteiger charge is -2.11. The summed E-state index contributed by atoms with van der Waals surface area (Å²) in [6, 6.07) is 11.8. The third-order valence-corrected chi connectivity index (χ3v) is 4.40. The van der Waals surface area contributed by atoms with Gasteiger partial charge in [0.1, 0.15) is 12.4 Å². The normalized spacial score (nSPS) is 10.6. The minimum Gasteiger partial charge on any atom is -0.492 e. The van der Waals surface area contributed by atoms with Gasteiger partial charge in [0.25, 0.3) is 5.91 Å². The van der Waals surface area contributed by atoms with E-state index in [1.54, 1.807) is 37.4 Å². The molecule has 0 atom stereocenters. The number of hydrogen-bond acceptors (Lipinski definition) is 4. The molecule has 1 amide bonds. The summed E-state index contributed by atoms with van der Waals surface area (Å²) in [5.74, 6) is 0.342. The molecule has 0 aliphatic rings. The summed E-state index contributed by atoms with van der Waals surface area (Å²) in [5, 5.41) is 3.34. The van der Waals surface area contributed by atoms with E-state index in [4.69, 9.17) is 16.3 Å². The van der Waals surface area contributed by atoms with E-state index in [1.807, 2.05) is 19.1 Å². The van der Waals surface area contributed by atoms with E-state index in [2.05, 4.69) is 15.3 Å². The minimum absolute atomic E-state index is 0.296. The average molecular weight is 400 g/mol. The molecule has 0 saturated carbocycles. The fourth-order valence-corrected chi connectivity index (χ4v) is 2.93. The Morgan fingerprint density at radius 1 is 1.21 bits per heavy atom. The zero-order valence-electron chi connectivity index (χ0n) is 15.5. The van der Waals surface area contributed by atoms with Gasteiger partial charge >= 0.3 is 0 Å². The molecule has 144 valence electrons. The highest BCUT2D eigenvalue weighted by Gasteiger charge is 2.13. The van der Waals surface area contributed by atoms with Crippen LogP contribution in [0.1, 0.15) is 28.7 Å². The number of carbonyl (C=O) groups is 1. The molecule has 5 nitrogen and oxygen atoms in total. The first kappa shape index (κ1) is 19.8. The van der Waals surface area contributed by atoms with E-state index in [0.717, 1.165) is 0 Å². The molecule has 0 aliphatic heterocycles. The number of hydrogen-bond donors (Lipinski definition) is 1. The van der Waals surface area contributed by atoms with Crippen LogP contribution >= 0.6 is 11.6 Å². The SMILES string of the molecule is CCOc1ccc(-c2cc(NC(=O)c3ccc(CF)nc3C)ccc2Cl)nc1. The van der Waals surface area contributed by atoms with Crippen LogP contribution in [-0.2, 0) is 6.67 Å². The molecule has 1 N–H and O–H groups in total. The number of aromatic nitrogens is 2. The number of carbonyl (C=O) groups excluding carboxylic acids is 1. The number of nitrogens with one attached hydrogen (secondary N) is 1. The van der Waals surface area contributed by atoms with Crippen LogP contribution in [0.5, 0.6) is 5.75 Å². The van der Waals surface area contributed by atoms with Gasteiger partial charge in [-0.15, -0.1) is 0 Å². The van der Waals surface area contributed by atoms with Gasteiger partial charge in [-0.1, -0.05) is 11.6 Å². The van der Waals surface area contributed by atoms with Crippen LogP contribution in [-0.4, -0.2) is 22.5 Å². The molecule has 7 heteroatoms. The summed E-state index contributed by atoms with van der Waals surface area (Å²) < 4.78 is 18.1. The summed E-state index contributed by atoms with van der Waals surface area (Å²) in [6.45, 7) is 3.47. The molecule has 0 unspecified atom stereocenters. The topological polar surface area (TPSA) is 64.1 Å². The second-order valence-corrected chi connectivity index (χ2v) is 6.44. The molecule has 2 aromatic heterocycles. The van der Waals surface area contributed by atoms with Crippen LogP contribution in [0.4, 0.5) is 10.1 Å². The first-order valence-corrected chi connectivity index (χ1v) is 9.12. The van der Waals surface area contributed by atoms with Gasteiger partial charge < -0.3 is 10.1 Å². The van der Waals surface area contributed by atoms with Crippen LogP contribution < -0.4 is 10.1 Å². The molecular weight excluding hydrogens is 381 g/mol. The van der Waals surface area contributed by atoms with Gasteiger partial charge in [-0.25, -0.2) is 4.39 Å². The predicted molar refractivity (Wildman–Crippen MR) is 108 cm³/mol. The lowest BCUT2D eigenvalue weighted by Crippen LogP contribution is -2.14. The largest absolute Gasteiger partial charge is 0.492 e. The number of nitrogens with zero attached hydrogens (tertiary/aromatic N) is 2. The maximum absolute atomic E-state index is 12.7. The third kappa shape index (κ3) is 4.46. The average Bonchev–Trinajstić information content (AvgIpc) is 2.70. The molecule has 1 aromatic carbocycles. The highest BCUT2D eigenvalue weighted by atomic mass is 35.5. The number of pyridine rings is 2. The first-order valence-electron chi connectivity index (χ1n) is 8.74. The third-order valence-electron chi connectivity index (χ3n) is 4.07. The minimum atomic E-state index is -0.668. The Kier molecular flexibility index (Phi) is 6.21. The molecule has 0 saturated heterocycles. The lowest BCUT2D eigenvalue weighted by molar-refractivity contribution is 0.102. The first-order chi connectivity index (χ1) is 13.5. The standard InChI is InChI=1S/C21H19ClFN3O2/c1-3-28-16-6-9-20(24-12-16)18-10-14(5-8-19(18)22)26-21(27)17-7-4-15(11-23)25-13(17)2/h4-10,12H,3,11H2,1-2H3,(H,26,27). The van der Waals surface area contributed by atoms with Crippen molar-refractivity contribution in [1.29, 1.82) is 0 Å². The van der Waals surface area contributed by atoms with Crippen LogP contribution in [0.15, 0.2) is 48.7 Å². The van der Waals surface area contributed by atoms with Gasteiger partial charge in [0.05, 0.1) is 40.5 Å². The fraction of sp³-hybridized carbons (Fsp3) is 0.190. The van der Waals surface area contributed by atoms with Gasteiger partial charge in [-0.2, -0.15) is 0 Å². The fourth-order valence-electron chi connectivity index (χ4n) is 2.72. The van der Waals surface area contributed by atoms with Crippen molar-refractivity contribution in [3.05, 3.63) is 70.6 Å². The van der Waals surface area contributed by atoms with E-state index < -0.39 is 6.67 Å². The monoisotopic (exact) mass is 399 g/mol. The number of anilines is 1. The zero-order chi connectivity index (χ0) is 20.1. The van der Waals surface area contributed by atoms with Crippen LogP contribution in [0, 0.1) is 6.92 Å². The van der Waals surface area contributed by atoms with Crippen molar-refractivity contribution in [3.8, 4) is 17.0 Å². The van der Waals surface area contributed by atoms with Crippen molar-refractivity contribution >= 4 is 23.2 Å². The van der Waals surface area contributed by atoms with E-state index in [9.17, 15) is 9.18 Å². The maximum Gasteiger partial charge on any atom is 0.257 e. The zero-order valence-corrected chi connectivity index (χ0v) is 16.3. The second kappa shape index (κ2) is 8.80. The van der Waals surface area contributed by atoms with Crippen LogP contribution in [0.2, 0.25) is 5.02 Å². The molecule has 0 radical (unpaired) electrons. The molecule has 3 aromatic rings. The Morgan fingerprint density at radius 2 is 2.04 bits per heavy atom. The van der Waals surface area contributed by atoms with Gasteiger partial charge in [-0.05, 0) is 56.3 Å². The maximum atomic E-state index is 12.7. The number of ether oxygens (including phenoxy) is 1. The Labute approximate surface area is 167 Å². The van der Waals surface area contributed by atoms with Gasteiger partial charge in [-0.3, -0.25) is 14.8 Å². The van der Waals surface area contributed by atoms with Crippen molar-refractivity contribution in [2.24, 2.45) is 0 Å². The smallest absolute Gasteiger partial charge is 0.257 e. The number of alkyl halides is 1. The van der Waals surface area contributed by atoms with Crippen LogP contribution in [0.3, 0.4) is 0 Å². The van der Waals surface area contributed by atoms with Crippen LogP contribution in [0.25, 0.3) is 11.3 Å². The summed E-state index contributed by atoms with van der Waals surface area (Å²) in [5.41, 5.74) is 3.06. The van der Waals surface area contributed by atoms with Crippen molar-refractivity contribution in [1.82, 2.24) is 9.97 Å². The highest BCUT2D eigenvalue weighted by molar-refractivity contribution is 6.33. The Balaban J connectivity index is 1.84. The molecular formula is C21H19ClFN3O2. The second-order valence-electron chi connectivity index (χ2n) is 6.03. The van der Waals surface area contributed by atoms with Crippen molar-refractivity contribution < 1.29 is 13.9 Å². The van der Waals surface area contributed by atoms with Crippen molar-refractivity contribution in [3.63, 3.8) is 0 Å². The molecule has 0 spiro atoms. The Hall–Kier alpha value is -2.99. The molecule has 28 heavy (non-hydrogen) atoms. The lowest BCUT2D eigenvalue weighted by atomic mass is 10.1. The van der Waals surface area contributed by atoms with Crippen molar-refractivity contribution in [2.75, 3.05) is 11.9 Å². The highest BCUT2D eigenvalue weighted by Crippen LogP contribution is 2.30. The Morgan fingerprint density at radius 3 is 2.68 bits per heavy atom. The molecule has 0 fully saturated rings. The van der Waals surface area contributed by atoms with E-state index in [-0.39, 0.29) is 5.91 Å². The molecule has 2 heterocycles. The predicted octanol–water partition coefficient (Wildman–Crippen LogP) is 5.23.